The predicted octanol–water partition coefficient (Wildman–Crippen LogP) is 4.49. The fraction of sp³-hybridized carbons (Fsp3) is 0.250. The molecule has 2 heterocycles. The molecule has 0 bridgehead atoms. The summed E-state index contributed by atoms with van der Waals surface area (Å²) < 4.78 is 7.37. The van der Waals surface area contributed by atoms with Gasteiger partial charge < -0.3 is 9.84 Å². The lowest BCUT2D eigenvalue weighted by Gasteiger charge is -2.17. The van der Waals surface area contributed by atoms with Crippen LogP contribution in [0.4, 0.5) is 0 Å². The first kappa shape index (κ1) is 20.3. The van der Waals surface area contributed by atoms with Crippen LogP contribution in [0.3, 0.4) is 0 Å². The molecule has 0 aliphatic carbocycles. The SMILES string of the molecule is Cc1ccc(C)c(OCC(O)Cn2cnc3scc(-c4ccccc4)c3c2=O)c1C. The van der Waals surface area contributed by atoms with E-state index in [1.165, 1.54) is 22.2 Å². The molecule has 4 rings (SSSR count). The number of thiophene rings is 1. The van der Waals surface area contributed by atoms with Crippen LogP contribution in [0.5, 0.6) is 5.75 Å². The normalized spacial score (nSPS) is 12.3. The number of aliphatic hydroxyl groups is 1. The highest BCUT2D eigenvalue weighted by Crippen LogP contribution is 2.30. The van der Waals surface area contributed by atoms with E-state index < -0.39 is 6.10 Å². The second kappa shape index (κ2) is 8.42. The Labute approximate surface area is 179 Å². The highest BCUT2D eigenvalue weighted by Gasteiger charge is 2.16. The predicted molar refractivity (Wildman–Crippen MR) is 121 cm³/mol. The lowest BCUT2D eigenvalue weighted by molar-refractivity contribution is 0.0908. The molecule has 0 aliphatic heterocycles. The van der Waals surface area contributed by atoms with Gasteiger partial charge in [0.25, 0.3) is 5.56 Å². The first-order valence-corrected chi connectivity index (χ1v) is 10.7. The molecule has 0 saturated carbocycles. The van der Waals surface area contributed by atoms with E-state index in [0.717, 1.165) is 33.6 Å². The molecular formula is C24H24N2O3S. The fourth-order valence-corrected chi connectivity index (χ4v) is 4.44. The maximum absolute atomic E-state index is 13.1. The van der Waals surface area contributed by atoms with Crippen molar-refractivity contribution >= 4 is 21.6 Å². The summed E-state index contributed by atoms with van der Waals surface area (Å²) in [6, 6.07) is 13.9. The minimum atomic E-state index is -0.833. The quantitative estimate of drug-likeness (QED) is 0.499. The molecule has 6 heteroatoms. The molecule has 154 valence electrons. The van der Waals surface area contributed by atoms with Gasteiger partial charge in [-0.1, -0.05) is 42.5 Å². The summed E-state index contributed by atoms with van der Waals surface area (Å²) in [5, 5.41) is 13.1. The van der Waals surface area contributed by atoms with Crippen LogP contribution in [-0.4, -0.2) is 27.4 Å². The van der Waals surface area contributed by atoms with E-state index in [0.29, 0.717) is 10.2 Å². The van der Waals surface area contributed by atoms with Gasteiger partial charge in [0.05, 0.1) is 18.3 Å². The first-order chi connectivity index (χ1) is 14.5. The van der Waals surface area contributed by atoms with Gasteiger partial charge >= 0.3 is 0 Å². The zero-order valence-electron chi connectivity index (χ0n) is 17.3. The molecule has 1 unspecified atom stereocenters. The number of fused-ring (bicyclic) bond motifs is 1. The van der Waals surface area contributed by atoms with Crippen LogP contribution in [0, 0.1) is 20.8 Å². The van der Waals surface area contributed by atoms with Crippen molar-refractivity contribution in [3.63, 3.8) is 0 Å². The molecule has 0 amide bonds. The number of hydrogen-bond donors (Lipinski definition) is 1. The average molecular weight is 421 g/mol. The van der Waals surface area contributed by atoms with Gasteiger partial charge in [0, 0.05) is 10.9 Å². The van der Waals surface area contributed by atoms with Crippen LogP contribution in [0.2, 0.25) is 0 Å². The van der Waals surface area contributed by atoms with Crippen LogP contribution in [0.25, 0.3) is 21.3 Å². The Morgan fingerprint density at radius 3 is 2.60 bits per heavy atom. The number of aryl methyl sites for hydroxylation is 2. The molecule has 4 aromatic rings. The summed E-state index contributed by atoms with van der Waals surface area (Å²) in [5.74, 6) is 0.791. The third-order valence-electron chi connectivity index (χ3n) is 5.35. The molecular weight excluding hydrogens is 396 g/mol. The van der Waals surface area contributed by atoms with Gasteiger partial charge in [-0.05, 0) is 43.0 Å². The smallest absolute Gasteiger partial charge is 0.262 e. The van der Waals surface area contributed by atoms with E-state index in [-0.39, 0.29) is 18.7 Å². The van der Waals surface area contributed by atoms with Gasteiger partial charge in [0.15, 0.2) is 0 Å². The van der Waals surface area contributed by atoms with Crippen molar-refractivity contribution in [1.29, 1.82) is 0 Å². The van der Waals surface area contributed by atoms with E-state index in [1.807, 2.05) is 62.5 Å². The average Bonchev–Trinajstić information content (AvgIpc) is 3.18. The van der Waals surface area contributed by atoms with E-state index in [2.05, 4.69) is 11.1 Å². The highest BCUT2D eigenvalue weighted by atomic mass is 32.1. The first-order valence-electron chi connectivity index (χ1n) is 9.85. The Kier molecular flexibility index (Phi) is 5.70. The molecule has 1 N–H and O–H groups in total. The summed E-state index contributed by atoms with van der Waals surface area (Å²) in [5.41, 5.74) is 4.93. The zero-order valence-corrected chi connectivity index (χ0v) is 18.1. The van der Waals surface area contributed by atoms with Crippen molar-refractivity contribution < 1.29 is 9.84 Å². The van der Waals surface area contributed by atoms with Crippen molar-refractivity contribution in [2.75, 3.05) is 6.61 Å². The number of hydrogen-bond acceptors (Lipinski definition) is 5. The maximum Gasteiger partial charge on any atom is 0.262 e. The minimum Gasteiger partial charge on any atom is -0.490 e. The molecule has 0 fully saturated rings. The van der Waals surface area contributed by atoms with Gasteiger partial charge in [-0.3, -0.25) is 9.36 Å². The topological polar surface area (TPSA) is 64.3 Å². The largest absolute Gasteiger partial charge is 0.490 e. The van der Waals surface area contributed by atoms with Crippen molar-refractivity contribution in [1.82, 2.24) is 9.55 Å². The fourth-order valence-electron chi connectivity index (χ4n) is 3.53. The Bertz CT molecular complexity index is 1240. The second-order valence-corrected chi connectivity index (χ2v) is 8.37. The lowest BCUT2D eigenvalue weighted by Crippen LogP contribution is -2.30. The lowest BCUT2D eigenvalue weighted by atomic mass is 10.1. The number of aromatic nitrogens is 2. The van der Waals surface area contributed by atoms with Gasteiger partial charge in [-0.2, -0.15) is 0 Å². The van der Waals surface area contributed by atoms with Crippen molar-refractivity contribution in [2.45, 2.75) is 33.4 Å². The molecule has 0 spiro atoms. The van der Waals surface area contributed by atoms with E-state index >= 15 is 0 Å². The molecule has 2 aromatic heterocycles. The number of ether oxygens (including phenoxy) is 1. The summed E-state index contributed by atoms with van der Waals surface area (Å²) in [4.78, 5) is 18.3. The second-order valence-electron chi connectivity index (χ2n) is 7.52. The number of benzene rings is 2. The van der Waals surface area contributed by atoms with Gasteiger partial charge in [0.1, 0.15) is 23.3 Å². The Morgan fingerprint density at radius 2 is 1.83 bits per heavy atom. The maximum atomic E-state index is 13.1. The molecule has 2 aromatic carbocycles. The monoisotopic (exact) mass is 420 g/mol. The summed E-state index contributed by atoms with van der Waals surface area (Å²) >= 11 is 1.45. The summed E-state index contributed by atoms with van der Waals surface area (Å²) in [7, 11) is 0. The molecule has 0 saturated heterocycles. The molecule has 0 radical (unpaired) electrons. The van der Waals surface area contributed by atoms with Crippen LogP contribution in [0.15, 0.2) is 59.0 Å². The van der Waals surface area contributed by atoms with E-state index in [9.17, 15) is 9.90 Å². The van der Waals surface area contributed by atoms with Crippen molar-refractivity contribution in [3.8, 4) is 16.9 Å². The number of rotatable bonds is 6. The Hall–Kier alpha value is -2.96. The molecule has 30 heavy (non-hydrogen) atoms. The molecule has 1 atom stereocenters. The standard InChI is InChI=1S/C24H24N2O3S/c1-15-9-10-16(2)22(17(15)3)29-12-19(27)11-26-14-25-23-21(24(26)28)20(13-30-23)18-7-5-4-6-8-18/h4-10,13-14,19,27H,11-12H2,1-3H3. The zero-order chi connectivity index (χ0) is 21.3. The summed E-state index contributed by atoms with van der Waals surface area (Å²) in [6.45, 7) is 6.25. The third kappa shape index (κ3) is 3.88. The Morgan fingerprint density at radius 1 is 1.10 bits per heavy atom. The van der Waals surface area contributed by atoms with Gasteiger partial charge in [-0.25, -0.2) is 4.98 Å². The van der Waals surface area contributed by atoms with Gasteiger partial charge in [-0.15, -0.1) is 11.3 Å². The van der Waals surface area contributed by atoms with Crippen molar-refractivity contribution in [3.05, 3.63) is 81.2 Å². The molecule has 5 nitrogen and oxygen atoms in total. The highest BCUT2D eigenvalue weighted by molar-refractivity contribution is 7.17. The van der Waals surface area contributed by atoms with Crippen LogP contribution < -0.4 is 10.3 Å². The van der Waals surface area contributed by atoms with E-state index in [1.54, 1.807) is 0 Å². The number of aliphatic hydroxyl groups excluding tert-OH is 1. The number of nitrogens with zero attached hydrogens (tertiary/aromatic N) is 2. The van der Waals surface area contributed by atoms with Crippen molar-refractivity contribution in [2.24, 2.45) is 0 Å². The Balaban J connectivity index is 1.56. The van der Waals surface area contributed by atoms with Crippen LogP contribution >= 0.6 is 11.3 Å². The van der Waals surface area contributed by atoms with Crippen LogP contribution in [-0.2, 0) is 6.54 Å². The molecule has 0 aliphatic rings. The van der Waals surface area contributed by atoms with Crippen LogP contribution in [0.1, 0.15) is 16.7 Å². The minimum absolute atomic E-state index is 0.102. The third-order valence-corrected chi connectivity index (χ3v) is 6.23. The summed E-state index contributed by atoms with van der Waals surface area (Å²) in [6.07, 6.45) is 0.669. The van der Waals surface area contributed by atoms with E-state index in [4.69, 9.17) is 4.74 Å². The van der Waals surface area contributed by atoms with Gasteiger partial charge in [0.2, 0.25) is 0 Å².